The highest BCUT2D eigenvalue weighted by Crippen LogP contribution is 2.33. The van der Waals surface area contributed by atoms with Crippen LogP contribution in [-0.4, -0.2) is 14.8 Å². The minimum Gasteiger partial charge on any atom is -0.361 e. The fraction of sp³-hybridized carbons (Fsp3) is 0.273. The smallest absolute Gasteiger partial charge is 0.278 e. The summed E-state index contributed by atoms with van der Waals surface area (Å²) >= 11 is 0. The zero-order valence-electron chi connectivity index (χ0n) is 15.4. The molecule has 0 fully saturated rings. The number of benzene rings is 1. The first-order valence-electron chi connectivity index (χ1n) is 9.09. The first-order chi connectivity index (χ1) is 13.1. The second-order valence-electron chi connectivity index (χ2n) is 7.13. The Balaban J connectivity index is 1.69. The minimum atomic E-state index is -0.124. The van der Waals surface area contributed by atoms with Gasteiger partial charge in [-0.05, 0) is 61.8 Å². The number of pyridine rings is 1. The molecule has 3 aromatic rings. The fourth-order valence-corrected chi connectivity index (χ4v) is 3.96. The number of aryl methyl sites for hydroxylation is 2. The first kappa shape index (κ1) is 17.2. The molecule has 0 radical (unpaired) electrons. The van der Waals surface area contributed by atoms with Gasteiger partial charge < -0.3 is 4.85 Å². The van der Waals surface area contributed by atoms with Gasteiger partial charge in [-0.2, -0.15) is 9.78 Å². The summed E-state index contributed by atoms with van der Waals surface area (Å²) in [7, 11) is 0. The summed E-state index contributed by atoms with van der Waals surface area (Å²) in [4.78, 5) is 20.5. The van der Waals surface area contributed by atoms with Crippen LogP contribution in [0.3, 0.4) is 0 Å². The lowest BCUT2D eigenvalue weighted by molar-refractivity contribution is 0.565. The summed E-state index contributed by atoms with van der Waals surface area (Å²) in [6.45, 7) is 11.4. The minimum absolute atomic E-state index is 0.124. The van der Waals surface area contributed by atoms with Crippen LogP contribution in [0, 0.1) is 20.4 Å². The van der Waals surface area contributed by atoms with E-state index >= 15 is 0 Å². The quantitative estimate of drug-likeness (QED) is 0.651. The average molecular weight is 356 g/mol. The van der Waals surface area contributed by atoms with Crippen molar-refractivity contribution < 1.29 is 0 Å². The second kappa shape index (κ2) is 6.81. The van der Waals surface area contributed by atoms with Crippen molar-refractivity contribution in [3.05, 3.63) is 92.2 Å². The Kier molecular flexibility index (Phi) is 4.33. The summed E-state index contributed by atoms with van der Waals surface area (Å²) < 4.78 is 1.31. The third-order valence-corrected chi connectivity index (χ3v) is 5.29. The van der Waals surface area contributed by atoms with Crippen LogP contribution in [-0.2, 0) is 12.8 Å². The van der Waals surface area contributed by atoms with E-state index in [0.717, 1.165) is 30.4 Å². The van der Waals surface area contributed by atoms with E-state index in [1.165, 1.54) is 21.4 Å². The lowest BCUT2D eigenvalue weighted by Gasteiger charge is -2.25. The predicted octanol–water partition coefficient (Wildman–Crippen LogP) is 4.07. The van der Waals surface area contributed by atoms with E-state index in [9.17, 15) is 4.79 Å². The molecule has 134 valence electrons. The Morgan fingerprint density at radius 1 is 1.22 bits per heavy atom. The number of hydrogen-bond donors (Lipinski definition) is 0. The zero-order chi connectivity index (χ0) is 19.0. The van der Waals surface area contributed by atoms with Crippen LogP contribution in [0.15, 0.2) is 47.4 Å². The van der Waals surface area contributed by atoms with Crippen molar-refractivity contribution in [2.45, 2.75) is 39.0 Å². The largest absolute Gasteiger partial charge is 0.361 e. The van der Waals surface area contributed by atoms with E-state index in [2.05, 4.69) is 47.0 Å². The van der Waals surface area contributed by atoms with Gasteiger partial charge in [-0.15, -0.1) is 4.98 Å². The molecule has 0 saturated carbocycles. The molecule has 0 spiro atoms. The Morgan fingerprint density at radius 2 is 2.07 bits per heavy atom. The topological polar surface area (TPSA) is 52.1 Å². The van der Waals surface area contributed by atoms with E-state index in [1.807, 2.05) is 0 Å². The van der Waals surface area contributed by atoms with Crippen molar-refractivity contribution in [2.24, 2.45) is 0 Å². The number of rotatable bonds is 2. The highest BCUT2D eigenvalue weighted by Gasteiger charge is 2.25. The number of fused-ring (bicyclic) bond motifs is 1. The van der Waals surface area contributed by atoms with Gasteiger partial charge in [-0.3, -0.25) is 4.79 Å². The van der Waals surface area contributed by atoms with Gasteiger partial charge in [-0.25, -0.2) is 0 Å². The van der Waals surface area contributed by atoms with Crippen molar-refractivity contribution in [1.29, 1.82) is 0 Å². The van der Waals surface area contributed by atoms with E-state index in [1.54, 1.807) is 24.4 Å². The van der Waals surface area contributed by atoms with Gasteiger partial charge >= 0.3 is 0 Å². The highest BCUT2D eigenvalue weighted by molar-refractivity contribution is 5.41. The lowest BCUT2D eigenvalue weighted by atomic mass is 9.79. The third kappa shape index (κ3) is 3.15. The SMILES string of the molecule is [C-]#[N+]c1cccc(-n2ncc3c(c2=O)CCC(c2ccc(C)cc2C)C3)n1. The maximum Gasteiger partial charge on any atom is 0.278 e. The molecule has 5 heteroatoms. The van der Waals surface area contributed by atoms with Crippen molar-refractivity contribution >= 4 is 5.82 Å². The van der Waals surface area contributed by atoms with Crippen molar-refractivity contribution in [2.75, 3.05) is 0 Å². The molecule has 5 nitrogen and oxygen atoms in total. The van der Waals surface area contributed by atoms with E-state index < -0.39 is 0 Å². The molecule has 1 aliphatic rings. The number of hydrogen-bond acceptors (Lipinski definition) is 3. The van der Waals surface area contributed by atoms with Crippen molar-refractivity contribution in [3.8, 4) is 5.82 Å². The van der Waals surface area contributed by atoms with Crippen molar-refractivity contribution in [3.63, 3.8) is 0 Å². The number of nitrogens with zero attached hydrogens (tertiary/aromatic N) is 4. The molecule has 0 saturated heterocycles. The van der Waals surface area contributed by atoms with Crippen LogP contribution in [0.5, 0.6) is 0 Å². The van der Waals surface area contributed by atoms with Gasteiger partial charge in [0.25, 0.3) is 17.2 Å². The Morgan fingerprint density at radius 3 is 2.85 bits per heavy atom. The molecule has 2 aromatic heterocycles. The summed E-state index contributed by atoms with van der Waals surface area (Å²) in [5.74, 6) is 1.07. The van der Waals surface area contributed by atoms with E-state index in [4.69, 9.17) is 6.57 Å². The second-order valence-corrected chi connectivity index (χ2v) is 7.13. The van der Waals surface area contributed by atoms with Crippen LogP contribution in [0.25, 0.3) is 10.7 Å². The van der Waals surface area contributed by atoms with E-state index in [0.29, 0.717) is 11.7 Å². The highest BCUT2D eigenvalue weighted by atomic mass is 16.1. The molecule has 27 heavy (non-hydrogen) atoms. The van der Waals surface area contributed by atoms with Crippen LogP contribution in [0.1, 0.15) is 40.2 Å². The van der Waals surface area contributed by atoms with Gasteiger partial charge in [0.1, 0.15) is 0 Å². The van der Waals surface area contributed by atoms with Gasteiger partial charge in [0, 0.05) is 11.6 Å². The number of aromatic nitrogens is 3. The zero-order valence-corrected chi connectivity index (χ0v) is 15.4. The van der Waals surface area contributed by atoms with Gasteiger partial charge in [0.15, 0.2) is 0 Å². The van der Waals surface area contributed by atoms with Crippen LogP contribution in [0.2, 0.25) is 0 Å². The molecule has 0 N–H and O–H groups in total. The molecule has 0 aliphatic heterocycles. The first-order valence-corrected chi connectivity index (χ1v) is 9.09. The molecular weight excluding hydrogens is 336 g/mol. The van der Waals surface area contributed by atoms with Gasteiger partial charge in [-0.1, -0.05) is 36.4 Å². The van der Waals surface area contributed by atoms with Gasteiger partial charge in [0.05, 0.1) is 6.20 Å². The normalized spacial score (nSPS) is 15.8. The summed E-state index contributed by atoms with van der Waals surface area (Å²) in [5, 5.41) is 4.34. The maximum atomic E-state index is 13.0. The molecular formula is C22H20N4O. The molecule has 1 aliphatic carbocycles. The maximum absolute atomic E-state index is 13.0. The lowest BCUT2D eigenvalue weighted by Crippen LogP contribution is -2.30. The predicted molar refractivity (Wildman–Crippen MR) is 105 cm³/mol. The summed E-state index contributed by atoms with van der Waals surface area (Å²) in [6.07, 6.45) is 4.30. The standard InChI is InChI=1S/C22H20N4O/c1-14-7-9-18(15(2)11-14)16-8-10-19-17(12-16)13-24-26(22(19)27)21-6-4-5-20(23-3)25-21/h4-7,9,11,13,16H,8,10,12H2,1-2H3. The Labute approximate surface area is 158 Å². The van der Waals surface area contributed by atoms with Gasteiger partial charge in [0.2, 0.25) is 0 Å². The van der Waals surface area contributed by atoms with E-state index in [-0.39, 0.29) is 11.4 Å². The monoisotopic (exact) mass is 356 g/mol. The van der Waals surface area contributed by atoms with Crippen LogP contribution in [0.4, 0.5) is 5.82 Å². The molecule has 0 bridgehead atoms. The average Bonchev–Trinajstić information content (AvgIpc) is 2.68. The molecule has 1 unspecified atom stereocenters. The Bertz CT molecular complexity index is 1120. The van der Waals surface area contributed by atoms with Crippen LogP contribution < -0.4 is 5.56 Å². The molecule has 1 atom stereocenters. The summed E-state index contributed by atoms with van der Waals surface area (Å²) in [6, 6.07) is 11.6. The molecule has 0 amide bonds. The fourth-order valence-electron chi connectivity index (χ4n) is 3.96. The van der Waals surface area contributed by atoms with Crippen molar-refractivity contribution in [1.82, 2.24) is 14.8 Å². The molecule has 2 heterocycles. The molecule has 4 rings (SSSR count). The molecule has 1 aromatic carbocycles. The van der Waals surface area contributed by atoms with Crippen LogP contribution >= 0.6 is 0 Å². The third-order valence-electron chi connectivity index (χ3n) is 5.29. The summed E-state index contributed by atoms with van der Waals surface area (Å²) in [5.41, 5.74) is 5.66. The Hall–Kier alpha value is -3.26.